The van der Waals surface area contributed by atoms with Gasteiger partial charge in [0, 0.05) is 23.1 Å². The first-order chi connectivity index (χ1) is 9.51. The van der Waals surface area contributed by atoms with Crippen LogP contribution in [0, 0.1) is 5.92 Å². The summed E-state index contributed by atoms with van der Waals surface area (Å²) in [6, 6.07) is 8.52. The van der Waals surface area contributed by atoms with Crippen molar-refractivity contribution in [3.8, 4) is 0 Å². The predicted octanol–water partition coefficient (Wildman–Crippen LogP) is 4.24. The summed E-state index contributed by atoms with van der Waals surface area (Å²) in [6.07, 6.45) is 5.10. The Labute approximate surface area is 128 Å². The van der Waals surface area contributed by atoms with Gasteiger partial charge in [0.05, 0.1) is 0 Å². The number of likely N-dealkylation sites (N-methyl/N-ethyl adjacent to an activating group) is 1. The Kier molecular flexibility index (Phi) is 5.11. The van der Waals surface area contributed by atoms with E-state index in [4.69, 9.17) is 17.3 Å². The molecule has 1 aliphatic rings. The summed E-state index contributed by atoms with van der Waals surface area (Å²) in [5.74, 6) is 0.646. The summed E-state index contributed by atoms with van der Waals surface area (Å²) in [5, 5.41) is 0.807. The second-order valence-electron chi connectivity index (χ2n) is 6.30. The van der Waals surface area contributed by atoms with Gasteiger partial charge in [-0.3, -0.25) is 4.90 Å². The molecular formula is C17H27ClN2. The Hall–Kier alpha value is -0.570. The molecule has 0 aliphatic heterocycles. The first-order valence-corrected chi connectivity index (χ1v) is 8.07. The molecule has 0 amide bonds. The molecule has 0 saturated heterocycles. The lowest BCUT2D eigenvalue weighted by Crippen LogP contribution is -2.58. The Morgan fingerprint density at radius 2 is 2.20 bits per heavy atom. The van der Waals surface area contributed by atoms with Crippen LogP contribution in [0.3, 0.4) is 0 Å². The summed E-state index contributed by atoms with van der Waals surface area (Å²) in [4.78, 5) is 2.49. The molecule has 0 bridgehead atoms. The maximum atomic E-state index is 6.21. The first kappa shape index (κ1) is 15.8. The van der Waals surface area contributed by atoms with Crippen LogP contribution in [0.15, 0.2) is 24.3 Å². The van der Waals surface area contributed by atoms with Gasteiger partial charge in [0.25, 0.3) is 0 Å². The highest BCUT2D eigenvalue weighted by Crippen LogP contribution is 2.41. The predicted molar refractivity (Wildman–Crippen MR) is 87.0 cm³/mol. The molecule has 0 aromatic heterocycles. The third-order valence-corrected chi connectivity index (χ3v) is 5.62. The maximum absolute atomic E-state index is 6.21. The molecule has 1 aromatic rings. The molecular weight excluding hydrogens is 268 g/mol. The lowest BCUT2D eigenvalue weighted by molar-refractivity contribution is 0.00650. The molecule has 2 nitrogen and oxygen atoms in total. The summed E-state index contributed by atoms with van der Waals surface area (Å²) < 4.78 is 0. The third kappa shape index (κ3) is 2.88. The molecule has 20 heavy (non-hydrogen) atoms. The van der Waals surface area contributed by atoms with E-state index >= 15 is 0 Å². The van der Waals surface area contributed by atoms with Gasteiger partial charge in [-0.1, -0.05) is 43.5 Å². The number of hydrogen-bond donors (Lipinski definition) is 1. The molecule has 112 valence electrons. The van der Waals surface area contributed by atoms with Crippen molar-refractivity contribution in [2.24, 2.45) is 11.7 Å². The quantitative estimate of drug-likeness (QED) is 0.900. The van der Waals surface area contributed by atoms with Gasteiger partial charge in [-0.25, -0.2) is 0 Å². The average molecular weight is 295 g/mol. The zero-order valence-corrected chi connectivity index (χ0v) is 13.7. The molecule has 1 aliphatic carbocycles. The summed E-state index contributed by atoms with van der Waals surface area (Å²) in [7, 11) is 2.22. The molecule has 0 radical (unpaired) electrons. The molecule has 3 atom stereocenters. The van der Waals surface area contributed by atoms with Crippen molar-refractivity contribution < 1.29 is 0 Å². The van der Waals surface area contributed by atoms with Crippen molar-refractivity contribution in [1.82, 2.24) is 4.90 Å². The normalized spacial score (nSPS) is 28.6. The highest BCUT2D eigenvalue weighted by molar-refractivity contribution is 6.30. The number of halogens is 1. The fourth-order valence-electron chi connectivity index (χ4n) is 3.74. The minimum Gasteiger partial charge on any atom is -0.329 e. The SMILES string of the molecule is CC(c1cccc(Cl)c1)N(C)C1(CN)CCCCC1C. The molecule has 0 heterocycles. The molecule has 3 heteroatoms. The number of nitrogens with two attached hydrogens (primary N) is 1. The van der Waals surface area contributed by atoms with Crippen LogP contribution in [0.4, 0.5) is 0 Å². The second-order valence-corrected chi connectivity index (χ2v) is 6.73. The van der Waals surface area contributed by atoms with Crippen molar-refractivity contribution in [1.29, 1.82) is 0 Å². The van der Waals surface area contributed by atoms with E-state index < -0.39 is 0 Å². The summed E-state index contributed by atoms with van der Waals surface area (Å²) in [6.45, 7) is 5.34. The molecule has 1 aromatic carbocycles. The number of rotatable bonds is 4. The monoisotopic (exact) mass is 294 g/mol. The largest absolute Gasteiger partial charge is 0.329 e. The van der Waals surface area contributed by atoms with Crippen molar-refractivity contribution >= 4 is 11.6 Å². The van der Waals surface area contributed by atoms with Gasteiger partial charge in [0.2, 0.25) is 0 Å². The van der Waals surface area contributed by atoms with Crippen molar-refractivity contribution in [3.05, 3.63) is 34.9 Å². The van der Waals surface area contributed by atoms with Crippen LogP contribution in [0.2, 0.25) is 5.02 Å². The Balaban J connectivity index is 2.25. The Morgan fingerprint density at radius 1 is 1.45 bits per heavy atom. The van der Waals surface area contributed by atoms with Gasteiger partial charge in [-0.2, -0.15) is 0 Å². The van der Waals surface area contributed by atoms with Crippen LogP contribution in [-0.4, -0.2) is 24.0 Å². The van der Waals surface area contributed by atoms with Gasteiger partial charge < -0.3 is 5.73 Å². The van der Waals surface area contributed by atoms with Gasteiger partial charge in [0.1, 0.15) is 0 Å². The average Bonchev–Trinajstić information content (AvgIpc) is 2.46. The van der Waals surface area contributed by atoms with Crippen LogP contribution in [0.5, 0.6) is 0 Å². The van der Waals surface area contributed by atoms with E-state index in [2.05, 4.69) is 37.9 Å². The zero-order chi connectivity index (χ0) is 14.8. The fourth-order valence-corrected chi connectivity index (χ4v) is 3.94. The molecule has 2 N–H and O–H groups in total. The number of benzene rings is 1. The van der Waals surface area contributed by atoms with Crippen molar-refractivity contribution in [3.63, 3.8) is 0 Å². The molecule has 1 fully saturated rings. The van der Waals surface area contributed by atoms with Crippen molar-refractivity contribution in [2.45, 2.75) is 51.1 Å². The van der Waals surface area contributed by atoms with Gasteiger partial charge in [-0.15, -0.1) is 0 Å². The minimum absolute atomic E-state index is 0.125. The standard InChI is InChI=1S/C17H27ClN2/c1-13-7-4-5-10-17(13,12-19)20(3)14(2)15-8-6-9-16(18)11-15/h6,8-9,11,13-14H,4-5,7,10,12,19H2,1-3H3. The van der Waals surface area contributed by atoms with Crippen LogP contribution < -0.4 is 5.73 Å². The van der Waals surface area contributed by atoms with E-state index in [9.17, 15) is 0 Å². The topological polar surface area (TPSA) is 29.3 Å². The minimum atomic E-state index is 0.125. The lowest BCUT2D eigenvalue weighted by atomic mass is 9.72. The van der Waals surface area contributed by atoms with E-state index in [1.54, 1.807) is 0 Å². The maximum Gasteiger partial charge on any atom is 0.0409 e. The van der Waals surface area contributed by atoms with Gasteiger partial charge in [-0.05, 0) is 50.4 Å². The molecule has 1 saturated carbocycles. The van der Waals surface area contributed by atoms with E-state index in [0.717, 1.165) is 11.6 Å². The lowest BCUT2D eigenvalue weighted by Gasteiger charge is -2.51. The molecule has 0 spiro atoms. The van der Waals surface area contributed by atoms with Crippen LogP contribution in [0.1, 0.15) is 51.1 Å². The van der Waals surface area contributed by atoms with E-state index in [1.807, 2.05) is 12.1 Å². The van der Waals surface area contributed by atoms with Crippen LogP contribution in [-0.2, 0) is 0 Å². The van der Waals surface area contributed by atoms with Crippen LogP contribution >= 0.6 is 11.6 Å². The fraction of sp³-hybridized carbons (Fsp3) is 0.647. The molecule has 3 unspecified atom stereocenters. The Bertz CT molecular complexity index is 448. The number of hydrogen-bond acceptors (Lipinski definition) is 2. The third-order valence-electron chi connectivity index (χ3n) is 5.38. The summed E-state index contributed by atoms with van der Waals surface area (Å²) in [5.41, 5.74) is 7.60. The highest BCUT2D eigenvalue weighted by atomic mass is 35.5. The number of nitrogens with zero attached hydrogens (tertiary/aromatic N) is 1. The Morgan fingerprint density at radius 3 is 2.80 bits per heavy atom. The second kappa shape index (κ2) is 6.46. The smallest absolute Gasteiger partial charge is 0.0409 e. The van der Waals surface area contributed by atoms with E-state index in [0.29, 0.717) is 12.0 Å². The van der Waals surface area contributed by atoms with Crippen LogP contribution in [0.25, 0.3) is 0 Å². The highest BCUT2D eigenvalue weighted by Gasteiger charge is 2.42. The van der Waals surface area contributed by atoms with E-state index in [1.165, 1.54) is 31.2 Å². The van der Waals surface area contributed by atoms with Crippen molar-refractivity contribution in [2.75, 3.05) is 13.6 Å². The van der Waals surface area contributed by atoms with Gasteiger partial charge >= 0.3 is 0 Å². The van der Waals surface area contributed by atoms with E-state index in [-0.39, 0.29) is 5.54 Å². The summed E-state index contributed by atoms with van der Waals surface area (Å²) >= 11 is 6.13. The zero-order valence-electron chi connectivity index (χ0n) is 12.9. The first-order valence-electron chi connectivity index (χ1n) is 7.70. The van der Waals surface area contributed by atoms with Gasteiger partial charge in [0.15, 0.2) is 0 Å². The molecule has 2 rings (SSSR count).